The summed E-state index contributed by atoms with van der Waals surface area (Å²) in [6.07, 6.45) is 2.75. The molecule has 0 aromatic rings. The van der Waals surface area contributed by atoms with E-state index in [1.807, 2.05) is 6.92 Å². The van der Waals surface area contributed by atoms with Gasteiger partial charge in [0.2, 0.25) is 11.8 Å². The summed E-state index contributed by atoms with van der Waals surface area (Å²) in [7, 11) is 0. The van der Waals surface area contributed by atoms with Gasteiger partial charge in [-0.1, -0.05) is 0 Å². The van der Waals surface area contributed by atoms with Crippen molar-refractivity contribution in [1.29, 1.82) is 0 Å². The Morgan fingerprint density at radius 3 is 2.50 bits per heavy atom. The van der Waals surface area contributed by atoms with Crippen LogP contribution in [0.5, 0.6) is 0 Å². The van der Waals surface area contributed by atoms with E-state index in [1.54, 1.807) is 4.90 Å². The highest BCUT2D eigenvalue weighted by atomic mass is 16.5. The molecule has 0 spiro atoms. The Kier molecular flexibility index (Phi) is 4.99. The second-order valence-electron chi connectivity index (χ2n) is 5.94. The van der Waals surface area contributed by atoms with Crippen LogP contribution in [0.15, 0.2) is 0 Å². The first-order chi connectivity index (χ1) is 9.55. The average molecular weight is 283 g/mol. The van der Waals surface area contributed by atoms with Gasteiger partial charge in [0.05, 0.1) is 18.8 Å². The van der Waals surface area contributed by atoms with Crippen LogP contribution >= 0.6 is 0 Å². The fraction of sp³-hybridized carbons (Fsp3) is 0.857. The maximum Gasteiger partial charge on any atom is 0.223 e. The monoisotopic (exact) mass is 283 g/mol. The predicted octanol–water partition coefficient (Wildman–Crippen LogP) is -0.131. The van der Waals surface area contributed by atoms with Crippen molar-refractivity contribution in [1.82, 2.24) is 10.2 Å². The van der Waals surface area contributed by atoms with Crippen molar-refractivity contribution in [3.05, 3.63) is 0 Å². The van der Waals surface area contributed by atoms with Crippen molar-refractivity contribution in [2.45, 2.75) is 38.1 Å². The summed E-state index contributed by atoms with van der Waals surface area (Å²) in [5.41, 5.74) is 5.46. The maximum absolute atomic E-state index is 12.0. The molecule has 0 radical (unpaired) electrons. The number of hydrogen-bond acceptors (Lipinski definition) is 4. The Labute approximate surface area is 120 Å². The molecule has 0 bridgehead atoms. The van der Waals surface area contributed by atoms with Gasteiger partial charge in [-0.15, -0.1) is 0 Å². The first-order valence-electron chi connectivity index (χ1n) is 7.42. The first kappa shape index (κ1) is 15.3. The highest BCUT2D eigenvalue weighted by Gasteiger charge is 2.41. The number of nitrogens with two attached hydrogens (primary N) is 1. The standard InChI is InChI=1S/C14H25N3O3/c1-14(10-15,11-2-3-11)16-12(18)4-5-13(19)17-6-8-20-9-7-17/h11H,2-10,15H2,1H3,(H,16,18). The quantitative estimate of drug-likeness (QED) is 0.711. The number of nitrogens with zero attached hydrogens (tertiary/aromatic N) is 1. The van der Waals surface area contributed by atoms with E-state index in [0.29, 0.717) is 38.8 Å². The molecule has 1 aliphatic carbocycles. The fourth-order valence-electron chi connectivity index (χ4n) is 2.61. The van der Waals surface area contributed by atoms with Crippen LogP contribution in [0.2, 0.25) is 0 Å². The van der Waals surface area contributed by atoms with Gasteiger partial charge in [0.1, 0.15) is 0 Å². The van der Waals surface area contributed by atoms with Gasteiger partial charge in [-0.25, -0.2) is 0 Å². The molecule has 6 heteroatoms. The molecular formula is C14H25N3O3. The second kappa shape index (κ2) is 6.54. The zero-order chi connectivity index (χ0) is 14.6. The van der Waals surface area contributed by atoms with E-state index in [4.69, 9.17) is 10.5 Å². The van der Waals surface area contributed by atoms with Crippen LogP contribution in [-0.2, 0) is 14.3 Å². The number of nitrogens with one attached hydrogen (secondary N) is 1. The van der Waals surface area contributed by atoms with E-state index in [0.717, 1.165) is 12.8 Å². The summed E-state index contributed by atoms with van der Waals surface area (Å²) in [4.78, 5) is 25.7. The van der Waals surface area contributed by atoms with Crippen molar-refractivity contribution in [3.8, 4) is 0 Å². The average Bonchev–Trinajstić information content (AvgIpc) is 3.30. The lowest BCUT2D eigenvalue weighted by Crippen LogP contribution is -2.53. The van der Waals surface area contributed by atoms with Gasteiger partial charge in [-0.05, 0) is 25.7 Å². The van der Waals surface area contributed by atoms with Crippen LogP contribution in [-0.4, -0.2) is 55.1 Å². The van der Waals surface area contributed by atoms with Crippen molar-refractivity contribution in [3.63, 3.8) is 0 Å². The molecule has 1 unspecified atom stereocenters. The van der Waals surface area contributed by atoms with Crippen LogP contribution in [0, 0.1) is 5.92 Å². The number of carbonyl (C=O) groups excluding carboxylic acids is 2. The van der Waals surface area contributed by atoms with Crippen molar-refractivity contribution < 1.29 is 14.3 Å². The van der Waals surface area contributed by atoms with E-state index in [1.165, 1.54) is 0 Å². The van der Waals surface area contributed by atoms with E-state index in [-0.39, 0.29) is 30.2 Å². The Morgan fingerprint density at radius 1 is 1.30 bits per heavy atom. The lowest BCUT2D eigenvalue weighted by Gasteiger charge is -2.30. The topological polar surface area (TPSA) is 84.7 Å². The lowest BCUT2D eigenvalue weighted by molar-refractivity contribution is -0.137. The molecule has 2 rings (SSSR count). The molecule has 20 heavy (non-hydrogen) atoms. The smallest absolute Gasteiger partial charge is 0.223 e. The SMILES string of the molecule is CC(CN)(NC(=O)CCC(=O)N1CCOCC1)C1CC1. The first-order valence-corrected chi connectivity index (χ1v) is 7.42. The third-order valence-corrected chi connectivity index (χ3v) is 4.26. The lowest BCUT2D eigenvalue weighted by atomic mass is 9.95. The molecule has 1 saturated carbocycles. The van der Waals surface area contributed by atoms with Gasteiger partial charge in [0.25, 0.3) is 0 Å². The zero-order valence-electron chi connectivity index (χ0n) is 12.2. The number of hydrogen-bond donors (Lipinski definition) is 2. The molecule has 1 atom stereocenters. The number of morpholine rings is 1. The molecule has 2 fully saturated rings. The maximum atomic E-state index is 12.0. The number of ether oxygens (including phenoxy) is 1. The van der Waals surface area contributed by atoms with Crippen LogP contribution < -0.4 is 11.1 Å². The summed E-state index contributed by atoms with van der Waals surface area (Å²) >= 11 is 0. The Bertz CT molecular complexity index is 365. The summed E-state index contributed by atoms with van der Waals surface area (Å²) < 4.78 is 5.20. The van der Waals surface area contributed by atoms with E-state index in [2.05, 4.69) is 5.32 Å². The van der Waals surface area contributed by atoms with Crippen molar-refractivity contribution in [2.75, 3.05) is 32.8 Å². The van der Waals surface area contributed by atoms with E-state index < -0.39 is 0 Å². The third-order valence-electron chi connectivity index (χ3n) is 4.26. The normalized spacial score (nSPS) is 22.2. The van der Waals surface area contributed by atoms with Gasteiger partial charge in [0, 0.05) is 32.5 Å². The molecule has 6 nitrogen and oxygen atoms in total. The third kappa shape index (κ3) is 3.93. The Hall–Kier alpha value is -1.14. The molecule has 1 heterocycles. The summed E-state index contributed by atoms with van der Waals surface area (Å²) in [5.74, 6) is 0.446. The zero-order valence-corrected chi connectivity index (χ0v) is 12.2. The molecule has 0 aromatic carbocycles. The van der Waals surface area contributed by atoms with Crippen LogP contribution in [0.1, 0.15) is 32.6 Å². The Balaban J connectivity index is 1.72. The summed E-state index contributed by atoms with van der Waals surface area (Å²) in [5, 5.41) is 3.00. The molecule has 114 valence electrons. The number of amides is 2. The van der Waals surface area contributed by atoms with Gasteiger partial charge in [0.15, 0.2) is 0 Å². The molecule has 2 aliphatic rings. The molecule has 0 aromatic heterocycles. The van der Waals surface area contributed by atoms with E-state index in [9.17, 15) is 9.59 Å². The second-order valence-corrected chi connectivity index (χ2v) is 5.94. The molecule has 1 aliphatic heterocycles. The van der Waals surface area contributed by atoms with Crippen LogP contribution in [0.25, 0.3) is 0 Å². The minimum Gasteiger partial charge on any atom is -0.378 e. The van der Waals surface area contributed by atoms with Gasteiger partial charge in [-0.2, -0.15) is 0 Å². The van der Waals surface area contributed by atoms with Gasteiger partial charge in [-0.3, -0.25) is 9.59 Å². The van der Waals surface area contributed by atoms with Crippen LogP contribution in [0.4, 0.5) is 0 Å². The molecular weight excluding hydrogens is 258 g/mol. The highest BCUT2D eigenvalue weighted by molar-refractivity contribution is 5.84. The minimum absolute atomic E-state index is 0.0318. The van der Waals surface area contributed by atoms with Crippen molar-refractivity contribution >= 4 is 11.8 Å². The largest absolute Gasteiger partial charge is 0.378 e. The number of rotatable bonds is 6. The van der Waals surface area contributed by atoms with Crippen molar-refractivity contribution in [2.24, 2.45) is 11.7 Å². The summed E-state index contributed by atoms with van der Waals surface area (Å²) in [6.45, 7) is 4.87. The molecule has 1 saturated heterocycles. The fourth-order valence-corrected chi connectivity index (χ4v) is 2.61. The predicted molar refractivity (Wildman–Crippen MR) is 75.0 cm³/mol. The van der Waals surface area contributed by atoms with E-state index >= 15 is 0 Å². The Morgan fingerprint density at radius 2 is 1.95 bits per heavy atom. The molecule has 3 N–H and O–H groups in total. The minimum atomic E-state index is -0.306. The number of carbonyl (C=O) groups is 2. The summed E-state index contributed by atoms with van der Waals surface area (Å²) in [6, 6.07) is 0. The highest BCUT2D eigenvalue weighted by Crippen LogP contribution is 2.38. The van der Waals surface area contributed by atoms with Gasteiger partial charge < -0.3 is 20.7 Å². The van der Waals surface area contributed by atoms with Crippen LogP contribution in [0.3, 0.4) is 0 Å². The van der Waals surface area contributed by atoms with Gasteiger partial charge >= 0.3 is 0 Å². The molecule has 2 amide bonds.